The third-order valence-corrected chi connectivity index (χ3v) is 3.92. The van der Waals surface area contributed by atoms with Crippen LogP contribution in [0.15, 0.2) is 0 Å². The van der Waals surface area contributed by atoms with Gasteiger partial charge in [-0.25, -0.2) is 0 Å². The second-order valence-electron chi connectivity index (χ2n) is 6.56. The van der Waals surface area contributed by atoms with Gasteiger partial charge in [0.15, 0.2) is 0 Å². The number of halogens is 1. The SMILES string of the molecule is CCCC(=O)OCCOCCOCCOCCOCCOCCOCCOCCOCCCl. The Balaban J connectivity index is 3.03. The van der Waals surface area contributed by atoms with E-state index in [9.17, 15) is 4.79 Å². The fourth-order valence-electron chi connectivity index (χ4n) is 2.19. The van der Waals surface area contributed by atoms with E-state index in [1.807, 2.05) is 6.92 Å². The molecule has 0 aromatic rings. The average Bonchev–Trinajstić information content (AvgIpc) is 2.81. The number of ether oxygens (including phenoxy) is 9. The second kappa shape index (κ2) is 29.5. The van der Waals surface area contributed by atoms with Gasteiger partial charge in [-0.3, -0.25) is 4.79 Å². The quantitative estimate of drug-likeness (QED) is 0.0892. The molecule has 0 spiro atoms. The first-order valence-corrected chi connectivity index (χ1v) is 12.2. The van der Waals surface area contributed by atoms with Gasteiger partial charge in [0.25, 0.3) is 0 Å². The third-order valence-electron chi connectivity index (χ3n) is 3.77. The molecule has 0 unspecified atom stereocenters. The Hall–Kier alpha value is -0.560. The maximum absolute atomic E-state index is 11.1. The number of rotatable bonds is 28. The van der Waals surface area contributed by atoms with Gasteiger partial charge in [-0.1, -0.05) is 6.92 Å². The summed E-state index contributed by atoms with van der Waals surface area (Å²) >= 11 is 5.49. The Morgan fingerprint density at radius 3 is 1.03 bits per heavy atom. The first-order chi connectivity index (χ1) is 16.3. The highest BCUT2D eigenvalue weighted by Crippen LogP contribution is 1.91. The maximum atomic E-state index is 11.1. The molecule has 0 atom stereocenters. The molecule has 198 valence electrons. The lowest BCUT2D eigenvalue weighted by atomic mass is 10.3. The minimum atomic E-state index is -0.185. The molecule has 0 heterocycles. The van der Waals surface area contributed by atoms with E-state index in [-0.39, 0.29) is 12.6 Å². The highest BCUT2D eigenvalue weighted by atomic mass is 35.5. The Labute approximate surface area is 203 Å². The Morgan fingerprint density at radius 1 is 0.485 bits per heavy atom. The zero-order valence-electron chi connectivity index (χ0n) is 20.1. The van der Waals surface area contributed by atoms with Gasteiger partial charge in [0.05, 0.1) is 106 Å². The fourth-order valence-corrected chi connectivity index (χ4v) is 2.30. The lowest BCUT2D eigenvalue weighted by Gasteiger charge is -2.08. The standard InChI is InChI=1S/C22H43ClO10/c1-2-3-22(24)33-21-20-32-19-18-31-17-16-30-15-14-29-13-12-28-11-10-27-9-8-26-7-6-25-5-4-23/h2-21H2,1H3. The van der Waals surface area contributed by atoms with Crippen LogP contribution < -0.4 is 0 Å². The van der Waals surface area contributed by atoms with Crippen LogP contribution in [0.4, 0.5) is 0 Å². The van der Waals surface area contributed by atoms with Crippen LogP contribution in [-0.2, 0) is 47.4 Å². The molecule has 0 radical (unpaired) electrons. The molecule has 0 aliphatic rings. The van der Waals surface area contributed by atoms with Crippen LogP contribution in [0.2, 0.25) is 0 Å². The van der Waals surface area contributed by atoms with E-state index in [2.05, 4.69) is 0 Å². The van der Waals surface area contributed by atoms with Crippen molar-refractivity contribution in [2.75, 3.05) is 118 Å². The number of alkyl halides is 1. The fraction of sp³-hybridized carbons (Fsp3) is 0.955. The van der Waals surface area contributed by atoms with Crippen molar-refractivity contribution in [3.63, 3.8) is 0 Å². The van der Waals surface area contributed by atoms with Crippen LogP contribution in [0.5, 0.6) is 0 Å². The van der Waals surface area contributed by atoms with Crippen LogP contribution in [0.25, 0.3) is 0 Å². The number of carbonyl (C=O) groups is 1. The molecular formula is C22H43ClO10. The van der Waals surface area contributed by atoms with E-state index in [0.717, 1.165) is 6.42 Å². The Morgan fingerprint density at radius 2 is 0.758 bits per heavy atom. The van der Waals surface area contributed by atoms with Crippen molar-refractivity contribution in [3.8, 4) is 0 Å². The largest absolute Gasteiger partial charge is 0.463 e. The van der Waals surface area contributed by atoms with Gasteiger partial charge in [-0.05, 0) is 6.42 Å². The molecule has 0 amide bonds. The summed E-state index contributed by atoms with van der Waals surface area (Å²) in [6.07, 6.45) is 1.24. The van der Waals surface area contributed by atoms with E-state index in [4.69, 9.17) is 54.2 Å². The van der Waals surface area contributed by atoms with Gasteiger partial charge in [-0.2, -0.15) is 0 Å². The average molecular weight is 503 g/mol. The molecule has 33 heavy (non-hydrogen) atoms. The summed E-state index contributed by atoms with van der Waals surface area (Å²) in [4.78, 5) is 11.1. The minimum Gasteiger partial charge on any atom is -0.463 e. The molecule has 0 fully saturated rings. The first kappa shape index (κ1) is 32.4. The van der Waals surface area contributed by atoms with Gasteiger partial charge in [0, 0.05) is 12.3 Å². The van der Waals surface area contributed by atoms with Crippen molar-refractivity contribution in [2.24, 2.45) is 0 Å². The number of hydrogen-bond donors (Lipinski definition) is 0. The van der Waals surface area contributed by atoms with Crippen LogP contribution in [-0.4, -0.2) is 124 Å². The third kappa shape index (κ3) is 29.4. The van der Waals surface area contributed by atoms with Crippen LogP contribution in [0.3, 0.4) is 0 Å². The van der Waals surface area contributed by atoms with E-state index in [0.29, 0.717) is 118 Å². The zero-order valence-corrected chi connectivity index (χ0v) is 20.9. The molecule has 0 bridgehead atoms. The molecule has 0 aliphatic carbocycles. The van der Waals surface area contributed by atoms with Crippen molar-refractivity contribution in [3.05, 3.63) is 0 Å². The summed E-state index contributed by atoms with van der Waals surface area (Å²) in [6, 6.07) is 0. The molecule has 0 aromatic heterocycles. The summed E-state index contributed by atoms with van der Waals surface area (Å²) in [7, 11) is 0. The lowest BCUT2D eigenvalue weighted by molar-refractivity contribution is -0.145. The van der Waals surface area contributed by atoms with Crippen molar-refractivity contribution >= 4 is 17.6 Å². The van der Waals surface area contributed by atoms with E-state index in [1.165, 1.54) is 0 Å². The molecule has 0 N–H and O–H groups in total. The van der Waals surface area contributed by atoms with Gasteiger partial charge in [0.2, 0.25) is 0 Å². The Kier molecular flexibility index (Phi) is 29.0. The normalized spacial score (nSPS) is 11.2. The first-order valence-electron chi connectivity index (χ1n) is 11.6. The minimum absolute atomic E-state index is 0.185. The summed E-state index contributed by atoms with van der Waals surface area (Å²) in [6.45, 7) is 10.3. The number of hydrogen-bond acceptors (Lipinski definition) is 10. The maximum Gasteiger partial charge on any atom is 0.305 e. The van der Waals surface area contributed by atoms with Gasteiger partial charge in [0.1, 0.15) is 6.61 Å². The summed E-state index contributed by atoms with van der Waals surface area (Å²) < 4.78 is 47.8. The van der Waals surface area contributed by atoms with Crippen LogP contribution in [0.1, 0.15) is 19.8 Å². The highest BCUT2D eigenvalue weighted by Gasteiger charge is 2.00. The van der Waals surface area contributed by atoms with Gasteiger partial charge in [-0.15, -0.1) is 11.6 Å². The van der Waals surface area contributed by atoms with Gasteiger partial charge < -0.3 is 42.6 Å². The van der Waals surface area contributed by atoms with Crippen LogP contribution in [0, 0.1) is 0 Å². The van der Waals surface area contributed by atoms with E-state index < -0.39 is 0 Å². The predicted molar refractivity (Wildman–Crippen MR) is 123 cm³/mol. The molecule has 11 heteroatoms. The van der Waals surface area contributed by atoms with Crippen molar-refractivity contribution in [1.82, 2.24) is 0 Å². The monoisotopic (exact) mass is 502 g/mol. The molecule has 10 nitrogen and oxygen atoms in total. The summed E-state index contributed by atoms with van der Waals surface area (Å²) in [5, 5.41) is 0. The molecule has 0 aliphatic heterocycles. The predicted octanol–water partition coefficient (Wildman–Crippen LogP) is 1.70. The molecule has 0 rings (SSSR count). The number of esters is 1. The summed E-state index contributed by atoms with van der Waals surface area (Å²) in [5.41, 5.74) is 0. The summed E-state index contributed by atoms with van der Waals surface area (Å²) in [5.74, 6) is 0.313. The Bertz CT molecular complexity index is 390. The van der Waals surface area contributed by atoms with Crippen molar-refractivity contribution < 1.29 is 47.4 Å². The van der Waals surface area contributed by atoms with E-state index >= 15 is 0 Å². The van der Waals surface area contributed by atoms with Crippen molar-refractivity contribution in [1.29, 1.82) is 0 Å². The van der Waals surface area contributed by atoms with Crippen LogP contribution >= 0.6 is 11.6 Å². The molecular weight excluding hydrogens is 460 g/mol. The lowest BCUT2D eigenvalue weighted by Crippen LogP contribution is -2.15. The molecule has 0 aromatic carbocycles. The topological polar surface area (TPSA) is 100 Å². The molecule has 0 saturated carbocycles. The zero-order chi connectivity index (χ0) is 24.1. The smallest absolute Gasteiger partial charge is 0.305 e. The van der Waals surface area contributed by atoms with E-state index in [1.54, 1.807) is 0 Å². The second-order valence-corrected chi connectivity index (χ2v) is 6.94. The number of carbonyl (C=O) groups excluding carboxylic acids is 1. The van der Waals surface area contributed by atoms with Gasteiger partial charge >= 0.3 is 5.97 Å². The van der Waals surface area contributed by atoms with Crippen molar-refractivity contribution in [2.45, 2.75) is 19.8 Å². The highest BCUT2D eigenvalue weighted by molar-refractivity contribution is 6.17. The molecule has 0 saturated heterocycles.